The third kappa shape index (κ3) is 5.21. The molecule has 2 N–H and O–H groups in total. The molecule has 5 aliphatic rings. The maximum Gasteiger partial charge on any atom is 0.312 e. The lowest BCUT2D eigenvalue weighted by molar-refractivity contribution is -0.183. The second-order valence-corrected chi connectivity index (χ2v) is 17.0. The number of aliphatic hydroxyl groups is 1. The van der Waals surface area contributed by atoms with Crippen LogP contribution < -0.4 is 5.32 Å². The van der Waals surface area contributed by atoms with Gasteiger partial charge in [0, 0.05) is 16.0 Å². The van der Waals surface area contributed by atoms with Crippen LogP contribution in [0, 0.1) is 33.0 Å². The van der Waals surface area contributed by atoms with Gasteiger partial charge in [-0.1, -0.05) is 62.2 Å². The molecule has 1 aromatic heterocycles. The third-order valence-corrected chi connectivity index (χ3v) is 14.0. The summed E-state index contributed by atoms with van der Waals surface area (Å²) in [6, 6.07) is 7.20. The molecule has 3 saturated carbocycles. The van der Waals surface area contributed by atoms with E-state index in [0.29, 0.717) is 22.7 Å². The standard InChI is InChI=1S/C40H47ClN4O5/c1-24-28-11-12-31-38(4,29(28)19-30(46)34(24)48)16-18-40(6)32-20-37(3,14-13-36(32,2)15-17-39(31,40)5)35(49)50-23-33(47)42-21-26-22-45(44-43-26)27-9-7-25(41)8-10-27/h7-12,19,22,32,48H,13-18,20-21,23H2,1-6H3,(H,42,47)/t32-,36-,37-,38+,39-,40+/m1/s1. The van der Waals surface area contributed by atoms with Crippen molar-refractivity contribution in [3.63, 3.8) is 0 Å². The van der Waals surface area contributed by atoms with Crippen molar-refractivity contribution in [1.29, 1.82) is 0 Å². The molecule has 50 heavy (non-hydrogen) atoms. The van der Waals surface area contributed by atoms with E-state index in [1.54, 1.807) is 29.1 Å². The number of halogens is 1. The monoisotopic (exact) mass is 698 g/mol. The number of aromatic nitrogens is 3. The van der Waals surface area contributed by atoms with E-state index in [2.05, 4.69) is 55.5 Å². The summed E-state index contributed by atoms with van der Waals surface area (Å²) in [5, 5.41) is 22.1. The van der Waals surface area contributed by atoms with Crippen molar-refractivity contribution in [3.8, 4) is 5.69 Å². The number of rotatable bonds is 6. The van der Waals surface area contributed by atoms with Crippen molar-refractivity contribution in [2.75, 3.05) is 6.61 Å². The van der Waals surface area contributed by atoms with Crippen LogP contribution in [0.1, 0.15) is 92.2 Å². The van der Waals surface area contributed by atoms with E-state index in [1.807, 2.05) is 26.0 Å². The number of aliphatic hydroxyl groups excluding tert-OH is 1. The lowest BCUT2D eigenvalue weighted by atomic mass is 9.34. The number of nitrogens with one attached hydrogen (secondary N) is 1. The largest absolute Gasteiger partial charge is 0.504 e. The van der Waals surface area contributed by atoms with Crippen LogP contribution in [0.5, 0.6) is 0 Å². The lowest BCUT2D eigenvalue weighted by Gasteiger charge is -2.70. The number of hydrogen-bond donors (Lipinski definition) is 2. The van der Waals surface area contributed by atoms with E-state index in [9.17, 15) is 19.5 Å². The Labute approximate surface area is 298 Å². The predicted molar refractivity (Wildman–Crippen MR) is 190 cm³/mol. The number of carbonyl (C=O) groups excluding carboxylic acids is 3. The molecule has 0 aliphatic heterocycles. The number of hydrogen-bond acceptors (Lipinski definition) is 7. The van der Waals surface area contributed by atoms with Crippen LogP contribution in [0.25, 0.3) is 5.69 Å². The molecule has 9 nitrogen and oxygen atoms in total. The van der Waals surface area contributed by atoms with Crippen molar-refractivity contribution < 1.29 is 24.2 Å². The van der Waals surface area contributed by atoms with Crippen LogP contribution in [-0.4, -0.2) is 44.4 Å². The zero-order valence-corrected chi connectivity index (χ0v) is 30.6. The van der Waals surface area contributed by atoms with Crippen LogP contribution in [0.2, 0.25) is 5.02 Å². The number of benzene rings is 1. The molecule has 0 unspecified atom stereocenters. The van der Waals surface area contributed by atoms with E-state index in [-0.39, 0.29) is 58.2 Å². The first-order valence-electron chi connectivity index (χ1n) is 17.7. The van der Waals surface area contributed by atoms with Crippen LogP contribution >= 0.6 is 11.6 Å². The zero-order valence-electron chi connectivity index (χ0n) is 29.9. The summed E-state index contributed by atoms with van der Waals surface area (Å²) in [4.78, 5) is 39.4. The topological polar surface area (TPSA) is 123 Å². The number of ketones is 1. The summed E-state index contributed by atoms with van der Waals surface area (Å²) >= 11 is 5.98. The number of esters is 1. The maximum absolute atomic E-state index is 13.8. The van der Waals surface area contributed by atoms with Gasteiger partial charge in [-0.15, -0.1) is 5.10 Å². The molecule has 2 aromatic rings. The minimum Gasteiger partial charge on any atom is -0.504 e. The molecule has 0 radical (unpaired) electrons. The van der Waals surface area contributed by atoms with Crippen molar-refractivity contribution in [2.24, 2.45) is 33.0 Å². The van der Waals surface area contributed by atoms with E-state index < -0.39 is 11.3 Å². The van der Waals surface area contributed by atoms with Gasteiger partial charge in [-0.2, -0.15) is 0 Å². The summed E-state index contributed by atoms with van der Waals surface area (Å²) in [6.07, 6.45) is 14.0. The molecule has 7 rings (SSSR count). The SMILES string of the molecule is CC1=C(O)C(=O)C=C2C1=CC=C1[C@@]2(C)CC[C@@]2(C)[C@@H]3C[C@](C)(C(=O)OCC(=O)NCc4cn(-c5ccc(Cl)cc5)nn4)CC[C@]3(C)CC[C@]12C. The van der Waals surface area contributed by atoms with Gasteiger partial charge >= 0.3 is 5.97 Å². The van der Waals surface area contributed by atoms with Gasteiger partial charge in [-0.25, -0.2) is 4.68 Å². The normalized spacial score (nSPS) is 34.7. The van der Waals surface area contributed by atoms with Crippen LogP contribution in [0.4, 0.5) is 0 Å². The molecule has 0 spiro atoms. The number of carbonyl (C=O) groups is 3. The first kappa shape index (κ1) is 34.5. The Hall–Kier alpha value is -3.98. The van der Waals surface area contributed by atoms with Gasteiger partial charge in [-0.3, -0.25) is 14.4 Å². The Morgan fingerprint density at radius 3 is 2.48 bits per heavy atom. The van der Waals surface area contributed by atoms with Gasteiger partial charge in [0.05, 0.1) is 23.8 Å². The highest BCUT2D eigenvalue weighted by Crippen LogP contribution is 2.75. The number of ether oxygens (including phenoxy) is 1. The fourth-order valence-corrected chi connectivity index (χ4v) is 10.4. The molecule has 0 bridgehead atoms. The maximum atomic E-state index is 13.8. The summed E-state index contributed by atoms with van der Waals surface area (Å²) < 4.78 is 7.34. The molecule has 10 heteroatoms. The van der Waals surface area contributed by atoms with Crippen molar-refractivity contribution in [1.82, 2.24) is 20.3 Å². The molecule has 5 aliphatic carbocycles. The van der Waals surface area contributed by atoms with Gasteiger partial charge in [0.2, 0.25) is 5.78 Å². The molecule has 264 valence electrons. The van der Waals surface area contributed by atoms with Crippen LogP contribution in [-0.2, 0) is 25.7 Å². The average molecular weight is 699 g/mol. The number of fused-ring (bicyclic) bond motifs is 7. The quantitative estimate of drug-likeness (QED) is 0.296. The van der Waals surface area contributed by atoms with E-state index in [0.717, 1.165) is 55.4 Å². The summed E-state index contributed by atoms with van der Waals surface area (Å²) in [7, 11) is 0. The Balaban J connectivity index is 1.04. The minimum atomic E-state index is -0.709. The lowest BCUT2D eigenvalue weighted by Crippen LogP contribution is -2.62. The van der Waals surface area contributed by atoms with E-state index >= 15 is 0 Å². The summed E-state index contributed by atoms with van der Waals surface area (Å²) in [5.41, 5.74) is 4.20. The number of nitrogens with zero attached hydrogens (tertiary/aromatic N) is 3. The second kappa shape index (κ2) is 11.8. The summed E-state index contributed by atoms with van der Waals surface area (Å²) in [5.74, 6) is -0.925. The van der Waals surface area contributed by atoms with Gasteiger partial charge < -0.3 is 15.2 Å². The highest BCUT2D eigenvalue weighted by molar-refractivity contribution is 6.30. The third-order valence-electron chi connectivity index (χ3n) is 13.8. The molecule has 6 atom stereocenters. The fraction of sp³-hybridized carbons (Fsp3) is 0.525. The second-order valence-electron chi connectivity index (χ2n) is 16.6. The molecular formula is C40H47ClN4O5. The Morgan fingerprint density at radius 2 is 1.74 bits per heavy atom. The zero-order chi connectivity index (χ0) is 35.9. The first-order chi connectivity index (χ1) is 23.5. The smallest absolute Gasteiger partial charge is 0.312 e. The van der Waals surface area contributed by atoms with Crippen molar-refractivity contribution >= 4 is 29.3 Å². The molecule has 1 heterocycles. The average Bonchev–Trinajstić information content (AvgIpc) is 3.57. The Bertz CT molecular complexity index is 1920. The van der Waals surface area contributed by atoms with Gasteiger partial charge in [-0.05, 0) is 122 Å². The Kier molecular flexibility index (Phi) is 8.13. The number of amides is 1. The highest BCUT2D eigenvalue weighted by Gasteiger charge is 2.67. The molecule has 0 saturated heterocycles. The van der Waals surface area contributed by atoms with Crippen LogP contribution in [0.15, 0.2) is 76.7 Å². The predicted octanol–water partition coefficient (Wildman–Crippen LogP) is 7.71. The highest BCUT2D eigenvalue weighted by atomic mass is 35.5. The van der Waals surface area contributed by atoms with Gasteiger partial charge in [0.1, 0.15) is 5.69 Å². The molecule has 1 amide bonds. The molecule has 1 aromatic carbocycles. The minimum absolute atomic E-state index is 0.0873. The van der Waals surface area contributed by atoms with Crippen LogP contribution in [0.3, 0.4) is 0 Å². The number of allylic oxidation sites excluding steroid dienone is 7. The van der Waals surface area contributed by atoms with Gasteiger partial charge in [0.15, 0.2) is 12.4 Å². The van der Waals surface area contributed by atoms with Gasteiger partial charge in [0.25, 0.3) is 5.91 Å². The van der Waals surface area contributed by atoms with E-state index in [4.69, 9.17) is 16.3 Å². The molecular weight excluding hydrogens is 652 g/mol. The molecule has 3 fully saturated rings. The summed E-state index contributed by atoms with van der Waals surface area (Å²) in [6.45, 7) is 13.2. The van der Waals surface area contributed by atoms with Crippen molar-refractivity contribution in [3.05, 3.63) is 87.5 Å². The Morgan fingerprint density at radius 1 is 1.02 bits per heavy atom. The fourth-order valence-electron chi connectivity index (χ4n) is 10.3. The van der Waals surface area contributed by atoms with E-state index in [1.165, 1.54) is 5.57 Å². The van der Waals surface area contributed by atoms with Crippen molar-refractivity contribution in [2.45, 2.75) is 93.0 Å². The first-order valence-corrected chi connectivity index (χ1v) is 18.1.